The standard InChI is InChI=1S/C17H17NO2/c1-16(2)17(15(18)19,12-8-4-3-5-9-12)13-10-6-7-11-14(13)20-16/h3-11H,1-2H3,(H2,18,19). The van der Waals surface area contributed by atoms with Crippen molar-refractivity contribution in [3.63, 3.8) is 0 Å². The Kier molecular flexibility index (Phi) is 2.61. The molecule has 3 rings (SSSR count). The van der Waals surface area contributed by atoms with E-state index in [2.05, 4.69) is 0 Å². The molecule has 1 atom stereocenters. The molecule has 0 aliphatic carbocycles. The van der Waals surface area contributed by atoms with Gasteiger partial charge in [-0.05, 0) is 25.5 Å². The van der Waals surface area contributed by atoms with Crippen LogP contribution in [0.4, 0.5) is 0 Å². The number of rotatable bonds is 2. The van der Waals surface area contributed by atoms with E-state index < -0.39 is 16.9 Å². The van der Waals surface area contributed by atoms with Crippen LogP contribution in [0, 0.1) is 0 Å². The van der Waals surface area contributed by atoms with Crippen LogP contribution in [0.1, 0.15) is 25.0 Å². The fourth-order valence-corrected chi connectivity index (χ4v) is 3.30. The van der Waals surface area contributed by atoms with Crippen LogP contribution in [0.3, 0.4) is 0 Å². The van der Waals surface area contributed by atoms with Gasteiger partial charge in [0.05, 0.1) is 0 Å². The number of fused-ring (bicyclic) bond motifs is 1. The van der Waals surface area contributed by atoms with Crippen LogP contribution in [0.25, 0.3) is 0 Å². The van der Waals surface area contributed by atoms with Crippen molar-refractivity contribution in [3.05, 3.63) is 65.7 Å². The van der Waals surface area contributed by atoms with Gasteiger partial charge in [-0.2, -0.15) is 0 Å². The summed E-state index contributed by atoms with van der Waals surface area (Å²) in [7, 11) is 0. The minimum atomic E-state index is -0.967. The average molecular weight is 267 g/mol. The number of nitrogens with two attached hydrogens (primary N) is 1. The van der Waals surface area contributed by atoms with Crippen LogP contribution in [0.15, 0.2) is 54.6 Å². The molecule has 3 nitrogen and oxygen atoms in total. The number of carbonyl (C=O) groups excluding carboxylic acids is 1. The maximum Gasteiger partial charge on any atom is 0.236 e. The van der Waals surface area contributed by atoms with Gasteiger partial charge in [0.2, 0.25) is 5.91 Å². The minimum Gasteiger partial charge on any atom is -0.486 e. The second-order valence-corrected chi connectivity index (χ2v) is 5.59. The summed E-state index contributed by atoms with van der Waals surface area (Å²) < 4.78 is 6.03. The molecule has 0 aromatic heterocycles. The van der Waals surface area contributed by atoms with E-state index in [1.54, 1.807) is 0 Å². The van der Waals surface area contributed by atoms with Crippen molar-refractivity contribution in [2.24, 2.45) is 5.73 Å². The van der Waals surface area contributed by atoms with E-state index in [4.69, 9.17) is 10.5 Å². The van der Waals surface area contributed by atoms with Gasteiger partial charge in [0.15, 0.2) is 0 Å². The van der Waals surface area contributed by atoms with Gasteiger partial charge in [-0.3, -0.25) is 4.79 Å². The molecule has 20 heavy (non-hydrogen) atoms. The molecule has 102 valence electrons. The molecular formula is C17H17NO2. The van der Waals surface area contributed by atoms with E-state index in [9.17, 15) is 4.79 Å². The molecule has 1 unspecified atom stereocenters. The Bertz CT molecular complexity index is 664. The highest BCUT2D eigenvalue weighted by Gasteiger charge is 2.60. The van der Waals surface area contributed by atoms with Crippen molar-refractivity contribution in [1.29, 1.82) is 0 Å². The molecule has 2 aromatic carbocycles. The third-order valence-corrected chi connectivity index (χ3v) is 4.14. The van der Waals surface area contributed by atoms with Crippen molar-refractivity contribution in [2.45, 2.75) is 24.9 Å². The number of ether oxygens (including phenoxy) is 1. The van der Waals surface area contributed by atoms with Crippen LogP contribution >= 0.6 is 0 Å². The molecule has 0 spiro atoms. The lowest BCUT2D eigenvalue weighted by atomic mass is 9.65. The fraction of sp³-hybridized carbons (Fsp3) is 0.235. The Labute approximate surface area is 118 Å². The van der Waals surface area contributed by atoms with Crippen LogP contribution < -0.4 is 10.5 Å². The quantitative estimate of drug-likeness (QED) is 0.909. The molecule has 3 heteroatoms. The van der Waals surface area contributed by atoms with E-state index in [-0.39, 0.29) is 0 Å². The second-order valence-electron chi connectivity index (χ2n) is 5.59. The highest BCUT2D eigenvalue weighted by Crippen LogP contribution is 2.52. The third-order valence-electron chi connectivity index (χ3n) is 4.14. The lowest BCUT2D eigenvalue weighted by Gasteiger charge is -2.37. The zero-order chi connectivity index (χ0) is 14.4. The summed E-state index contributed by atoms with van der Waals surface area (Å²) in [5.41, 5.74) is 5.84. The molecule has 1 heterocycles. The summed E-state index contributed by atoms with van der Waals surface area (Å²) in [4.78, 5) is 12.4. The number of para-hydroxylation sites is 1. The first-order chi connectivity index (χ1) is 9.50. The van der Waals surface area contributed by atoms with Gasteiger partial charge in [-0.25, -0.2) is 0 Å². The molecular weight excluding hydrogens is 250 g/mol. The highest BCUT2D eigenvalue weighted by molar-refractivity contribution is 5.94. The van der Waals surface area contributed by atoms with Gasteiger partial charge in [-0.1, -0.05) is 48.5 Å². The van der Waals surface area contributed by atoms with Crippen molar-refractivity contribution in [2.75, 3.05) is 0 Å². The average Bonchev–Trinajstić information content (AvgIpc) is 2.66. The molecule has 2 N–H and O–H groups in total. The monoisotopic (exact) mass is 267 g/mol. The number of hydrogen-bond acceptors (Lipinski definition) is 2. The minimum absolute atomic E-state index is 0.390. The van der Waals surface area contributed by atoms with Gasteiger partial charge in [0.25, 0.3) is 0 Å². The molecule has 0 fully saturated rings. The Morgan fingerprint density at radius 2 is 1.60 bits per heavy atom. The van der Waals surface area contributed by atoms with Crippen LogP contribution in [-0.4, -0.2) is 11.5 Å². The Balaban J connectivity index is 2.38. The zero-order valence-corrected chi connectivity index (χ0v) is 11.6. The van der Waals surface area contributed by atoms with Gasteiger partial charge in [0, 0.05) is 5.56 Å². The predicted molar refractivity (Wildman–Crippen MR) is 77.6 cm³/mol. The largest absolute Gasteiger partial charge is 0.486 e. The van der Waals surface area contributed by atoms with E-state index >= 15 is 0 Å². The predicted octanol–water partition coefficient (Wildman–Crippen LogP) is 2.63. The number of hydrogen-bond donors (Lipinski definition) is 1. The van der Waals surface area contributed by atoms with Crippen molar-refractivity contribution >= 4 is 5.91 Å². The van der Waals surface area contributed by atoms with Gasteiger partial charge >= 0.3 is 0 Å². The molecule has 0 bridgehead atoms. The smallest absolute Gasteiger partial charge is 0.236 e. The van der Waals surface area contributed by atoms with E-state index in [0.29, 0.717) is 0 Å². The molecule has 1 aliphatic rings. The first-order valence-corrected chi connectivity index (χ1v) is 6.64. The van der Waals surface area contributed by atoms with E-state index in [0.717, 1.165) is 16.9 Å². The Morgan fingerprint density at radius 1 is 1.00 bits per heavy atom. The number of primary amides is 1. The first-order valence-electron chi connectivity index (χ1n) is 6.64. The van der Waals surface area contributed by atoms with Gasteiger partial charge < -0.3 is 10.5 Å². The Hall–Kier alpha value is -2.29. The lowest BCUT2D eigenvalue weighted by Crippen LogP contribution is -2.56. The van der Waals surface area contributed by atoms with Crippen LogP contribution in [0.2, 0.25) is 0 Å². The molecule has 1 aliphatic heterocycles. The molecule has 0 saturated heterocycles. The van der Waals surface area contributed by atoms with Crippen molar-refractivity contribution < 1.29 is 9.53 Å². The molecule has 0 radical (unpaired) electrons. The van der Waals surface area contributed by atoms with E-state index in [1.807, 2.05) is 68.4 Å². The first kappa shape index (κ1) is 12.7. The molecule has 2 aromatic rings. The third kappa shape index (κ3) is 1.43. The maximum absolute atomic E-state index is 12.4. The van der Waals surface area contributed by atoms with E-state index in [1.165, 1.54) is 0 Å². The summed E-state index contributed by atoms with van der Waals surface area (Å²) >= 11 is 0. The number of carbonyl (C=O) groups is 1. The summed E-state index contributed by atoms with van der Waals surface area (Å²) in [5.74, 6) is 0.332. The maximum atomic E-state index is 12.4. The Morgan fingerprint density at radius 3 is 2.25 bits per heavy atom. The van der Waals surface area contributed by atoms with Crippen molar-refractivity contribution in [3.8, 4) is 5.75 Å². The molecule has 1 amide bonds. The fourth-order valence-electron chi connectivity index (χ4n) is 3.30. The van der Waals surface area contributed by atoms with Gasteiger partial charge in [0.1, 0.15) is 16.8 Å². The number of benzene rings is 2. The summed E-state index contributed by atoms with van der Waals surface area (Å²) in [6.45, 7) is 3.82. The second kappa shape index (κ2) is 4.10. The zero-order valence-electron chi connectivity index (χ0n) is 11.6. The lowest BCUT2D eigenvalue weighted by molar-refractivity contribution is -0.126. The summed E-state index contributed by atoms with van der Waals surface area (Å²) in [5, 5.41) is 0. The highest BCUT2D eigenvalue weighted by atomic mass is 16.5. The van der Waals surface area contributed by atoms with Gasteiger partial charge in [-0.15, -0.1) is 0 Å². The number of amides is 1. The molecule has 0 saturated carbocycles. The topological polar surface area (TPSA) is 52.3 Å². The van der Waals surface area contributed by atoms with Crippen LogP contribution in [0.5, 0.6) is 5.75 Å². The summed E-state index contributed by atoms with van der Waals surface area (Å²) in [6.07, 6.45) is 0. The van der Waals surface area contributed by atoms with Crippen LogP contribution in [-0.2, 0) is 10.2 Å². The summed E-state index contributed by atoms with van der Waals surface area (Å²) in [6, 6.07) is 17.2. The van der Waals surface area contributed by atoms with Crippen molar-refractivity contribution in [1.82, 2.24) is 0 Å². The normalized spacial score (nSPS) is 22.9. The SMILES string of the molecule is CC1(C)Oc2ccccc2C1(C(N)=O)c1ccccc1.